The van der Waals surface area contributed by atoms with Crippen LogP contribution in [0.15, 0.2) is 0 Å². The highest BCUT2D eigenvalue weighted by Gasteiger charge is 2.01. The number of hydrogen-bond donors (Lipinski definition) is 2. The number of methoxy groups -OCH3 is 2. The molecule has 1 atom stereocenters. The molecule has 0 aliphatic heterocycles. The Labute approximate surface area is 98.1 Å². The zero-order chi connectivity index (χ0) is 12.1. The third-order valence-electron chi connectivity index (χ3n) is 2.07. The van der Waals surface area contributed by atoms with Gasteiger partial charge < -0.3 is 24.6 Å². The van der Waals surface area contributed by atoms with E-state index in [-0.39, 0.29) is 6.10 Å². The van der Waals surface area contributed by atoms with Crippen molar-refractivity contribution in [2.75, 3.05) is 53.7 Å². The number of hydrogen-bond acceptors (Lipinski definition) is 5. The van der Waals surface area contributed by atoms with Gasteiger partial charge in [-0.25, -0.2) is 0 Å². The van der Waals surface area contributed by atoms with Crippen LogP contribution in [-0.2, 0) is 14.2 Å². The standard InChI is InChI=1S/C11H25NO4/c1-14-7-3-8-16-9-6-12-5-4-11(13)10-15-2/h11-13H,3-10H2,1-2H3. The summed E-state index contributed by atoms with van der Waals surface area (Å²) in [6.45, 7) is 4.18. The first-order chi connectivity index (χ1) is 7.81. The minimum atomic E-state index is -0.375. The molecular weight excluding hydrogens is 210 g/mol. The van der Waals surface area contributed by atoms with E-state index in [4.69, 9.17) is 14.2 Å². The van der Waals surface area contributed by atoms with E-state index in [2.05, 4.69) is 5.32 Å². The Kier molecular flexibility index (Phi) is 12.7. The first-order valence-electron chi connectivity index (χ1n) is 5.75. The van der Waals surface area contributed by atoms with Gasteiger partial charge in [0.1, 0.15) is 0 Å². The number of rotatable bonds is 12. The Balaban J connectivity index is 2.98. The molecule has 0 heterocycles. The summed E-state index contributed by atoms with van der Waals surface area (Å²) < 4.78 is 15.1. The second-order valence-corrected chi connectivity index (χ2v) is 3.61. The topological polar surface area (TPSA) is 60.0 Å². The van der Waals surface area contributed by atoms with E-state index >= 15 is 0 Å². The average Bonchev–Trinajstić information content (AvgIpc) is 2.27. The van der Waals surface area contributed by atoms with Crippen LogP contribution in [0.3, 0.4) is 0 Å². The van der Waals surface area contributed by atoms with Crippen molar-refractivity contribution < 1.29 is 19.3 Å². The van der Waals surface area contributed by atoms with Gasteiger partial charge in [0.2, 0.25) is 0 Å². The molecule has 16 heavy (non-hydrogen) atoms. The molecule has 5 heteroatoms. The summed E-state index contributed by atoms with van der Waals surface area (Å²) in [5, 5.41) is 12.5. The Morgan fingerprint density at radius 2 is 1.88 bits per heavy atom. The van der Waals surface area contributed by atoms with Crippen molar-refractivity contribution in [1.29, 1.82) is 0 Å². The van der Waals surface area contributed by atoms with Gasteiger partial charge in [-0.2, -0.15) is 0 Å². The predicted octanol–water partition coefficient (Wildman–Crippen LogP) is 0.0265. The molecule has 98 valence electrons. The summed E-state index contributed by atoms with van der Waals surface area (Å²) in [6, 6.07) is 0. The molecule has 0 radical (unpaired) electrons. The average molecular weight is 235 g/mol. The van der Waals surface area contributed by atoms with Gasteiger partial charge in [-0.15, -0.1) is 0 Å². The van der Waals surface area contributed by atoms with Gasteiger partial charge in [0.15, 0.2) is 0 Å². The lowest BCUT2D eigenvalue weighted by atomic mass is 10.3. The van der Waals surface area contributed by atoms with Crippen molar-refractivity contribution in [2.24, 2.45) is 0 Å². The maximum atomic E-state index is 9.34. The van der Waals surface area contributed by atoms with Crippen molar-refractivity contribution in [1.82, 2.24) is 5.32 Å². The lowest BCUT2D eigenvalue weighted by Gasteiger charge is -2.10. The van der Waals surface area contributed by atoms with Crippen LogP contribution in [0.1, 0.15) is 12.8 Å². The number of aliphatic hydroxyl groups excluding tert-OH is 1. The maximum absolute atomic E-state index is 9.34. The Bertz CT molecular complexity index is 135. The summed E-state index contributed by atoms with van der Waals surface area (Å²) in [6.07, 6.45) is 1.26. The SMILES string of the molecule is COCCCOCCNCCC(O)COC. The van der Waals surface area contributed by atoms with Crippen LogP contribution in [-0.4, -0.2) is 64.9 Å². The molecule has 1 unspecified atom stereocenters. The minimum absolute atomic E-state index is 0.375. The Morgan fingerprint density at radius 1 is 1.06 bits per heavy atom. The van der Waals surface area contributed by atoms with Gasteiger partial charge in [0, 0.05) is 34.0 Å². The molecule has 0 aliphatic carbocycles. The first-order valence-corrected chi connectivity index (χ1v) is 5.75. The van der Waals surface area contributed by atoms with Crippen LogP contribution < -0.4 is 5.32 Å². The Morgan fingerprint density at radius 3 is 2.56 bits per heavy atom. The predicted molar refractivity (Wildman–Crippen MR) is 62.7 cm³/mol. The van der Waals surface area contributed by atoms with E-state index in [9.17, 15) is 5.11 Å². The third kappa shape index (κ3) is 11.9. The van der Waals surface area contributed by atoms with Crippen LogP contribution >= 0.6 is 0 Å². The van der Waals surface area contributed by atoms with Gasteiger partial charge in [-0.1, -0.05) is 0 Å². The molecule has 0 bridgehead atoms. The molecule has 0 rings (SSSR count). The van der Waals surface area contributed by atoms with Crippen LogP contribution in [0.25, 0.3) is 0 Å². The molecule has 0 aliphatic rings. The first kappa shape index (κ1) is 15.8. The summed E-state index contributed by atoms with van der Waals surface area (Å²) in [5.74, 6) is 0. The number of aliphatic hydroxyl groups is 1. The lowest BCUT2D eigenvalue weighted by molar-refractivity contribution is 0.0586. The smallest absolute Gasteiger partial charge is 0.0785 e. The van der Waals surface area contributed by atoms with Crippen molar-refractivity contribution in [2.45, 2.75) is 18.9 Å². The molecule has 0 saturated heterocycles. The summed E-state index contributed by atoms with van der Waals surface area (Å²) in [4.78, 5) is 0. The zero-order valence-electron chi connectivity index (χ0n) is 10.4. The van der Waals surface area contributed by atoms with E-state index in [0.717, 1.165) is 32.7 Å². The van der Waals surface area contributed by atoms with Crippen LogP contribution in [0.4, 0.5) is 0 Å². The molecule has 5 nitrogen and oxygen atoms in total. The van der Waals surface area contributed by atoms with E-state index in [1.807, 2.05) is 0 Å². The van der Waals surface area contributed by atoms with Crippen LogP contribution in [0.2, 0.25) is 0 Å². The monoisotopic (exact) mass is 235 g/mol. The van der Waals surface area contributed by atoms with Crippen molar-refractivity contribution in [3.63, 3.8) is 0 Å². The van der Waals surface area contributed by atoms with Crippen molar-refractivity contribution in [3.8, 4) is 0 Å². The summed E-state index contributed by atoms with van der Waals surface area (Å²) in [5.41, 5.74) is 0. The lowest BCUT2D eigenvalue weighted by Crippen LogP contribution is -2.26. The molecule has 0 spiro atoms. The molecule has 0 aromatic heterocycles. The molecule has 0 fully saturated rings. The van der Waals surface area contributed by atoms with Gasteiger partial charge in [0.05, 0.1) is 19.3 Å². The van der Waals surface area contributed by atoms with Crippen LogP contribution in [0.5, 0.6) is 0 Å². The highest BCUT2D eigenvalue weighted by Crippen LogP contribution is 1.89. The van der Waals surface area contributed by atoms with E-state index in [1.54, 1.807) is 14.2 Å². The highest BCUT2D eigenvalue weighted by molar-refractivity contribution is 4.56. The molecule has 0 aromatic rings. The largest absolute Gasteiger partial charge is 0.391 e. The normalized spacial score (nSPS) is 12.9. The van der Waals surface area contributed by atoms with Crippen molar-refractivity contribution >= 4 is 0 Å². The van der Waals surface area contributed by atoms with Crippen LogP contribution in [0, 0.1) is 0 Å². The molecule has 0 aromatic carbocycles. The van der Waals surface area contributed by atoms with E-state index in [1.165, 1.54) is 0 Å². The third-order valence-corrected chi connectivity index (χ3v) is 2.07. The summed E-state index contributed by atoms with van der Waals surface area (Å²) in [7, 11) is 3.28. The highest BCUT2D eigenvalue weighted by atomic mass is 16.5. The second kappa shape index (κ2) is 12.9. The van der Waals surface area contributed by atoms with Gasteiger partial charge in [-0.05, 0) is 19.4 Å². The molecule has 0 saturated carbocycles. The fourth-order valence-corrected chi connectivity index (χ4v) is 1.22. The van der Waals surface area contributed by atoms with Gasteiger partial charge in [0.25, 0.3) is 0 Å². The van der Waals surface area contributed by atoms with E-state index in [0.29, 0.717) is 19.6 Å². The van der Waals surface area contributed by atoms with E-state index < -0.39 is 0 Å². The molecular formula is C11H25NO4. The molecule has 0 amide bonds. The second-order valence-electron chi connectivity index (χ2n) is 3.61. The fourth-order valence-electron chi connectivity index (χ4n) is 1.22. The minimum Gasteiger partial charge on any atom is -0.391 e. The maximum Gasteiger partial charge on any atom is 0.0785 e. The quantitative estimate of drug-likeness (QED) is 0.467. The zero-order valence-corrected chi connectivity index (χ0v) is 10.4. The number of nitrogens with one attached hydrogen (secondary N) is 1. The molecule has 2 N–H and O–H groups in total. The van der Waals surface area contributed by atoms with Gasteiger partial charge >= 0.3 is 0 Å². The summed E-state index contributed by atoms with van der Waals surface area (Å²) >= 11 is 0. The fraction of sp³-hybridized carbons (Fsp3) is 1.00. The Hall–Kier alpha value is -0.200. The van der Waals surface area contributed by atoms with Crippen molar-refractivity contribution in [3.05, 3.63) is 0 Å². The number of ether oxygens (including phenoxy) is 3. The van der Waals surface area contributed by atoms with Gasteiger partial charge in [-0.3, -0.25) is 0 Å².